The van der Waals surface area contributed by atoms with Crippen molar-refractivity contribution >= 4 is 17.4 Å². The van der Waals surface area contributed by atoms with Gasteiger partial charge in [0.05, 0.1) is 31.0 Å². The Morgan fingerprint density at radius 1 is 1.00 bits per heavy atom. The lowest BCUT2D eigenvalue weighted by molar-refractivity contribution is -0.140. The summed E-state index contributed by atoms with van der Waals surface area (Å²) in [6.07, 6.45) is 1.64. The molecule has 1 saturated heterocycles. The number of aliphatic hydroxyl groups excluding tert-OH is 1. The fraction of sp³-hybridized carbons (Fsp3) is 0.125. The van der Waals surface area contributed by atoms with Gasteiger partial charge < -0.3 is 14.7 Å². The molecule has 30 heavy (non-hydrogen) atoms. The number of aliphatic hydroxyl groups is 1. The van der Waals surface area contributed by atoms with Gasteiger partial charge in [-0.25, -0.2) is 0 Å². The molecule has 1 fully saturated rings. The van der Waals surface area contributed by atoms with Crippen molar-refractivity contribution in [1.82, 2.24) is 9.88 Å². The summed E-state index contributed by atoms with van der Waals surface area (Å²) in [6.45, 7) is 0.157. The maximum atomic E-state index is 13.0. The number of benzene rings is 2. The third-order valence-electron chi connectivity index (χ3n) is 5.08. The minimum atomic E-state index is -0.715. The molecule has 1 aliphatic rings. The van der Waals surface area contributed by atoms with Gasteiger partial charge in [-0.3, -0.25) is 14.6 Å². The molecule has 1 N–H and O–H groups in total. The minimum Gasteiger partial charge on any atom is -0.507 e. The molecule has 0 bridgehead atoms. The Hall–Kier alpha value is -3.93. The third-order valence-corrected chi connectivity index (χ3v) is 5.08. The summed E-state index contributed by atoms with van der Waals surface area (Å²) in [5, 5.41) is 11.0. The van der Waals surface area contributed by atoms with Crippen LogP contribution < -0.4 is 4.74 Å². The number of rotatable bonds is 5. The van der Waals surface area contributed by atoms with E-state index in [1.807, 2.05) is 36.4 Å². The molecular weight excluding hydrogens is 380 g/mol. The molecule has 4 rings (SSSR count). The molecule has 6 nitrogen and oxygen atoms in total. The first-order chi connectivity index (χ1) is 14.6. The normalized spacial score (nSPS) is 17.9. The maximum Gasteiger partial charge on any atom is 0.296 e. The van der Waals surface area contributed by atoms with Crippen LogP contribution in [-0.2, 0) is 16.1 Å². The average Bonchev–Trinajstić information content (AvgIpc) is 3.05. The van der Waals surface area contributed by atoms with Crippen molar-refractivity contribution in [2.24, 2.45) is 0 Å². The van der Waals surface area contributed by atoms with Gasteiger partial charge in [0.1, 0.15) is 11.5 Å². The molecule has 150 valence electrons. The van der Waals surface area contributed by atoms with Gasteiger partial charge in [-0.1, -0.05) is 36.4 Å². The average molecular weight is 400 g/mol. The summed E-state index contributed by atoms with van der Waals surface area (Å²) in [5.74, 6) is -0.965. The number of carbonyl (C=O) groups excluding carboxylic acids is 2. The molecule has 0 aliphatic carbocycles. The zero-order valence-electron chi connectivity index (χ0n) is 16.4. The second-order valence-electron chi connectivity index (χ2n) is 6.89. The number of ketones is 1. The topological polar surface area (TPSA) is 79.7 Å². The van der Waals surface area contributed by atoms with Crippen LogP contribution in [0.15, 0.2) is 84.6 Å². The van der Waals surface area contributed by atoms with Crippen LogP contribution in [0, 0.1) is 0 Å². The fourth-order valence-electron chi connectivity index (χ4n) is 3.60. The number of amides is 1. The Morgan fingerprint density at radius 2 is 1.70 bits per heavy atom. The van der Waals surface area contributed by atoms with Crippen LogP contribution >= 0.6 is 0 Å². The summed E-state index contributed by atoms with van der Waals surface area (Å²) in [4.78, 5) is 31.6. The van der Waals surface area contributed by atoms with Crippen LogP contribution in [0.25, 0.3) is 5.76 Å². The van der Waals surface area contributed by atoms with E-state index in [0.717, 1.165) is 5.56 Å². The van der Waals surface area contributed by atoms with Crippen molar-refractivity contribution in [1.29, 1.82) is 0 Å². The quantitative estimate of drug-likeness (QED) is 0.401. The first-order valence-electron chi connectivity index (χ1n) is 9.48. The Morgan fingerprint density at radius 3 is 2.33 bits per heavy atom. The number of aromatic nitrogens is 1. The number of carbonyl (C=O) groups is 2. The monoisotopic (exact) mass is 400 g/mol. The van der Waals surface area contributed by atoms with E-state index in [-0.39, 0.29) is 17.9 Å². The largest absolute Gasteiger partial charge is 0.507 e. The number of hydrogen-bond donors (Lipinski definition) is 1. The van der Waals surface area contributed by atoms with Gasteiger partial charge in [0.15, 0.2) is 0 Å². The Kier molecular flexibility index (Phi) is 5.30. The van der Waals surface area contributed by atoms with Gasteiger partial charge >= 0.3 is 0 Å². The Bertz CT molecular complexity index is 1090. The van der Waals surface area contributed by atoms with Crippen molar-refractivity contribution in [2.75, 3.05) is 7.11 Å². The van der Waals surface area contributed by atoms with Crippen LogP contribution in [-0.4, -0.2) is 33.8 Å². The molecule has 3 aromatic rings. The SMILES string of the molecule is COc1ccc(/C(O)=C2\C(=O)C(=O)N(Cc3ccccn3)C2c2ccccc2)cc1. The van der Waals surface area contributed by atoms with Gasteiger partial charge in [0.2, 0.25) is 0 Å². The second kappa shape index (κ2) is 8.21. The second-order valence-corrected chi connectivity index (χ2v) is 6.89. The summed E-state index contributed by atoms with van der Waals surface area (Å²) in [6, 6.07) is 20.6. The van der Waals surface area contributed by atoms with Crippen LogP contribution in [0.3, 0.4) is 0 Å². The van der Waals surface area contributed by atoms with Crippen molar-refractivity contribution in [3.8, 4) is 5.75 Å². The number of hydrogen-bond acceptors (Lipinski definition) is 5. The fourth-order valence-corrected chi connectivity index (χ4v) is 3.60. The van der Waals surface area contributed by atoms with Crippen LogP contribution in [0.2, 0.25) is 0 Å². The Balaban J connectivity index is 1.83. The maximum absolute atomic E-state index is 13.0. The standard InChI is InChI=1S/C24H20N2O4/c1-30-19-12-10-17(11-13-19)22(27)20-21(16-7-3-2-4-8-16)26(24(29)23(20)28)15-18-9-5-6-14-25-18/h2-14,21,27H,15H2,1H3/b22-20+. The summed E-state index contributed by atoms with van der Waals surface area (Å²) < 4.78 is 5.15. The molecular formula is C24H20N2O4. The number of likely N-dealkylation sites (tertiary alicyclic amines) is 1. The van der Waals surface area contributed by atoms with E-state index in [4.69, 9.17) is 4.74 Å². The molecule has 0 spiro atoms. The van der Waals surface area contributed by atoms with Gasteiger partial charge in [0, 0.05) is 11.8 Å². The zero-order valence-corrected chi connectivity index (χ0v) is 16.4. The highest BCUT2D eigenvalue weighted by molar-refractivity contribution is 6.46. The summed E-state index contributed by atoms with van der Waals surface area (Å²) in [7, 11) is 1.55. The molecule has 2 aromatic carbocycles. The molecule has 0 radical (unpaired) electrons. The molecule has 1 unspecified atom stereocenters. The molecule has 1 amide bonds. The lowest BCUT2D eigenvalue weighted by Gasteiger charge is -2.25. The molecule has 1 aliphatic heterocycles. The lowest BCUT2D eigenvalue weighted by Crippen LogP contribution is -2.29. The molecule has 1 atom stereocenters. The summed E-state index contributed by atoms with van der Waals surface area (Å²) >= 11 is 0. The first-order valence-corrected chi connectivity index (χ1v) is 9.48. The number of pyridine rings is 1. The highest BCUT2D eigenvalue weighted by Gasteiger charge is 2.46. The number of ether oxygens (including phenoxy) is 1. The van der Waals surface area contributed by atoms with E-state index in [9.17, 15) is 14.7 Å². The predicted molar refractivity (Wildman–Crippen MR) is 112 cm³/mol. The van der Waals surface area contributed by atoms with Crippen molar-refractivity contribution in [2.45, 2.75) is 12.6 Å². The molecule has 2 heterocycles. The van der Waals surface area contributed by atoms with E-state index in [2.05, 4.69) is 4.98 Å². The van der Waals surface area contributed by atoms with Crippen LogP contribution in [0.5, 0.6) is 5.75 Å². The van der Waals surface area contributed by atoms with Gasteiger partial charge in [-0.2, -0.15) is 0 Å². The van der Waals surface area contributed by atoms with E-state index >= 15 is 0 Å². The van der Waals surface area contributed by atoms with Crippen molar-refractivity contribution < 1.29 is 19.4 Å². The molecule has 0 saturated carbocycles. The van der Waals surface area contributed by atoms with E-state index < -0.39 is 17.7 Å². The molecule has 1 aromatic heterocycles. The van der Waals surface area contributed by atoms with Gasteiger partial charge in [-0.05, 0) is 42.0 Å². The highest BCUT2D eigenvalue weighted by Crippen LogP contribution is 2.40. The van der Waals surface area contributed by atoms with Crippen molar-refractivity contribution in [3.63, 3.8) is 0 Å². The van der Waals surface area contributed by atoms with Gasteiger partial charge in [0.25, 0.3) is 11.7 Å². The van der Waals surface area contributed by atoms with E-state index in [1.54, 1.807) is 49.7 Å². The van der Waals surface area contributed by atoms with E-state index in [1.165, 1.54) is 4.90 Å². The van der Waals surface area contributed by atoms with Crippen LogP contribution in [0.1, 0.15) is 22.9 Å². The van der Waals surface area contributed by atoms with Crippen LogP contribution in [0.4, 0.5) is 0 Å². The lowest BCUT2D eigenvalue weighted by atomic mass is 9.95. The minimum absolute atomic E-state index is 0.0623. The van der Waals surface area contributed by atoms with Gasteiger partial charge in [-0.15, -0.1) is 0 Å². The Labute approximate surface area is 174 Å². The smallest absolute Gasteiger partial charge is 0.296 e. The third kappa shape index (κ3) is 3.55. The van der Waals surface area contributed by atoms with Crippen molar-refractivity contribution in [3.05, 3.63) is 101 Å². The number of methoxy groups -OCH3 is 1. The number of nitrogens with zero attached hydrogens (tertiary/aromatic N) is 2. The number of Topliss-reactive ketones (excluding diaryl/α,β-unsaturated/α-hetero) is 1. The first kappa shape index (κ1) is 19.4. The predicted octanol–water partition coefficient (Wildman–Crippen LogP) is 3.71. The zero-order chi connectivity index (χ0) is 21.1. The molecule has 6 heteroatoms. The van der Waals surface area contributed by atoms with E-state index in [0.29, 0.717) is 17.0 Å². The summed E-state index contributed by atoms with van der Waals surface area (Å²) in [5.41, 5.74) is 1.90. The highest BCUT2D eigenvalue weighted by atomic mass is 16.5.